The van der Waals surface area contributed by atoms with Crippen LogP contribution in [0.4, 0.5) is 10.1 Å². The van der Waals surface area contributed by atoms with Gasteiger partial charge in [-0.05, 0) is 59.6 Å². The highest BCUT2D eigenvalue weighted by Gasteiger charge is 2.14. The lowest BCUT2D eigenvalue weighted by atomic mass is 9.87. The Labute approximate surface area is 176 Å². The Balaban J connectivity index is 1.60. The first-order valence-corrected chi connectivity index (χ1v) is 10.8. The van der Waals surface area contributed by atoms with E-state index >= 15 is 0 Å². The number of aromatic nitrogens is 2. The van der Waals surface area contributed by atoms with E-state index in [-0.39, 0.29) is 22.9 Å². The molecule has 0 aliphatic rings. The molecule has 0 aliphatic carbocycles. The molecule has 0 unspecified atom stereocenters. The SMILES string of the molecule is CC(C)(C)c1ccc(NC(=O)CSc2nn(-c3ccc(F)cc3)c(=S)s2)cc1. The minimum absolute atomic E-state index is 0.0745. The van der Waals surface area contributed by atoms with Crippen LogP contribution < -0.4 is 5.32 Å². The monoisotopic (exact) mass is 433 g/mol. The normalized spacial score (nSPS) is 11.4. The molecule has 3 rings (SSSR count). The average Bonchev–Trinajstić information content (AvgIpc) is 3.01. The molecule has 4 nitrogen and oxygen atoms in total. The van der Waals surface area contributed by atoms with Gasteiger partial charge in [0.25, 0.3) is 0 Å². The van der Waals surface area contributed by atoms with Gasteiger partial charge in [-0.2, -0.15) is 0 Å². The summed E-state index contributed by atoms with van der Waals surface area (Å²) in [4.78, 5) is 12.2. The molecule has 1 aromatic heterocycles. The number of nitrogens with one attached hydrogen (secondary N) is 1. The molecule has 2 aromatic carbocycles. The molecule has 0 saturated heterocycles. The van der Waals surface area contributed by atoms with Crippen LogP contribution in [0.15, 0.2) is 52.9 Å². The van der Waals surface area contributed by atoms with Gasteiger partial charge in [-0.25, -0.2) is 9.07 Å². The number of rotatable bonds is 5. The molecule has 1 N–H and O–H groups in total. The largest absolute Gasteiger partial charge is 0.325 e. The molecule has 3 aromatic rings. The zero-order valence-corrected chi connectivity index (χ0v) is 18.2. The summed E-state index contributed by atoms with van der Waals surface area (Å²) in [7, 11) is 0. The van der Waals surface area contributed by atoms with Crippen LogP contribution in [0.2, 0.25) is 0 Å². The summed E-state index contributed by atoms with van der Waals surface area (Å²) in [5.41, 5.74) is 2.75. The number of anilines is 1. The van der Waals surface area contributed by atoms with E-state index < -0.39 is 0 Å². The molecule has 8 heteroatoms. The van der Waals surface area contributed by atoms with E-state index in [0.717, 1.165) is 5.69 Å². The Morgan fingerprint density at radius 3 is 2.43 bits per heavy atom. The maximum Gasteiger partial charge on any atom is 0.234 e. The van der Waals surface area contributed by atoms with Crippen LogP contribution in [0, 0.1) is 9.77 Å². The molecule has 1 heterocycles. The van der Waals surface area contributed by atoms with Crippen molar-refractivity contribution in [1.29, 1.82) is 0 Å². The Bertz CT molecular complexity index is 1020. The molecule has 146 valence electrons. The van der Waals surface area contributed by atoms with Crippen molar-refractivity contribution in [2.24, 2.45) is 0 Å². The second-order valence-corrected chi connectivity index (χ2v) is 10.0. The number of nitrogens with zero attached hydrogens (tertiary/aromatic N) is 2. The van der Waals surface area contributed by atoms with Gasteiger partial charge in [0.15, 0.2) is 8.29 Å². The zero-order valence-electron chi connectivity index (χ0n) is 15.7. The van der Waals surface area contributed by atoms with Crippen molar-refractivity contribution < 1.29 is 9.18 Å². The zero-order chi connectivity index (χ0) is 20.3. The number of carbonyl (C=O) groups is 1. The summed E-state index contributed by atoms with van der Waals surface area (Å²) < 4.78 is 15.9. The van der Waals surface area contributed by atoms with Gasteiger partial charge in [0, 0.05) is 5.69 Å². The lowest BCUT2D eigenvalue weighted by molar-refractivity contribution is -0.113. The van der Waals surface area contributed by atoms with E-state index in [9.17, 15) is 9.18 Å². The van der Waals surface area contributed by atoms with Gasteiger partial charge in [-0.3, -0.25) is 4.79 Å². The van der Waals surface area contributed by atoms with E-state index in [1.165, 1.54) is 40.8 Å². The smallest absolute Gasteiger partial charge is 0.234 e. The summed E-state index contributed by atoms with van der Waals surface area (Å²) in [5.74, 6) is -0.192. The van der Waals surface area contributed by atoms with Crippen molar-refractivity contribution in [2.45, 2.75) is 30.5 Å². The third-order valence-corrected chi connectivity index (χ3v) is 6.33. The molecule has 28 heavy (non-hydrogen) atoms. The maximum absolute atomic E-state index is 13.1. The van der Waals surface area contributed by atoms with E-state index in [1.807, 2.05) is 24.3 Å². The van der Waals surface area contributed by atoms with Gasteiger partial charge in [0.2, 0.25) is 5.91 Å². The average molecular weight is 434 g/mol. The highest BCUT2D eigenvalue weighted by atomic mass is 32.2. The minimum atomic E-state index is -0.313. The van der Waals surface area contributed by atoms with Crippen molar-refractivity contribution >= 4 is 46.9 Å². The Morgan fingerprint density at radius 1 is 1.18 bits per heavy atom. The van der Waals surface area contributed by atoms with Crippen molar-refractivity contribution in [3.63, 3.8) is 0 Å². The minimum Gasteiger partial charge on any atom is -0.325 e. The number of hydrogen-bond acceptors (Lipinski definition) is 5. The summed E-state index contributed by atoms with van der Waals surface area (Å²) in [6.45, 7) is 6.45. The molecule has 0 bridgehead atoms. The fourth-order valence-corrected chi connectivity index (χ4v) is 4.60. The van der Waals surface area contributed by atoms with E-state index in [1.54, 1.807) is 16.8 Å². The molecule has 0 fully saturated rings. The summed E-state index contributed by atoms with van der Waals surface area (Å²) in [6, 6.07) is 13.8. The van der Waals surface area contributed by atoms with E-state index in [0.29, 0.717) is 14.0 Å². The van der Waals surface area contributed by atoms with Crippen LogP contribution in [0.1, 0.15) is 26.3 Å². The van der Waals surface area contributed by atoms with Crippen LogP contribution in [0.3, 0.4) is 0 Å². The Morgan fingerprint density at radius 2 is 1.82 bits per heavy atom. The molecular formula is C20H20FN3OS3. The van der Waals surface area contributed by atoms with Crippen LogP contribution >= 0.6 is 35.3 Å². The number of amides is 1. The van der Waals surface area contributed by atoms with Crippen LogP contribution in [-0.4, -0.2) is 21.4 Å². The van der Waals surface area contributed by atoms with Gasteiger partial charge in [0.1, 0.15) is 5.82 Å². The number of carbonyl (C=O) groups excluding carboxylic acids is 1. The predicted octanol–water partition coefficient (Wildman–Crippen LogP) is 5.83. The molecule has 0 spiro atoms. The first-order chi connectivity index (χ1) is 13.2. The standard InChI is InChI=1S/C20H20FN3OS3/c1-20(2,3)13-4-8-15(9-5-13)22-17(25)12-27-18-23-24(19(26)28-18)16-10-6-14(21)7-11-16/h4-11H,12H2,1-3H3,(H,22,25). The number of hydrogen-bond donors (Lipinski definition) is 1. The fourth-order valence-electron chi connectivity index (χ4n) is 2.44. The second-order valence-electron chi connectivity index (χ2n) is 7.19. The fraction of sp³-hybridized carbons (Fsp3) is 0.250. The summed E-state index contributed by atoms with van der Waals surface area (Å²) in [5, 5.41) is 7.31. The molecule has 1 amide bonds. The molecular weight excluding hydrogens is 413 g/mol. The molecule has 0 saturated carbocycles. The summed E-state index contributed by atoms with van der Waals surface area (Å²) >= 11 is 7.97. The first-order valence-electron chi connectivity index (χ1n) is 8.62. The lowest BCUT2D eigenvalue weighted by Gasteiger charge is -2.19. The predicted molar refractivity (Wildman–Crippen MR) is 117 cm³/mol. The molecule has 0 atom stereocenters. The quantitative estimate of drug-likeness (QED) is 0.406. The molecule has 0 radical (unpaired) electrons. The topological polar surface area (TPSA) is 46.9 Å². The van der Waals surface area contributed by atoms with Gasteiger partial charge in [-0.15, -0.1) is 5.10 Å². The van der Waals surface area contributed by atoms with E-state index in [2.05, 4.69) is 31.2 Å². The van der Waals surface area contributed by atoms with Gasteiger partial charge in [0.05, 0.1) is 11.4 Å². The Hall–Kier alpha value is -2.03. The number of thioether (sulfide) groups is 1. The van der Waals surface area contributed by atoms with Crippen molar-refractivity contribution in [3.05, 3.63) is 63.9 Å². The number of benzene rings is 2. The first kappa shape index (κ1) is 20.7. The highest BCUT2D eigenvalue weighted by Crippen LogP contribution is 2.25. The van der Waals surface area contributed by atoms with Crippen molar-refractivity contribution in [2.75, 3.05) is 11.1 Å². The molecule has 0 aliphatic heterocycles. The third-order valence-electron chi connectivity index (χ3n) is 3.96. The van der Waals surface area contributed by atoms with Crippen LogP contribution in [0.25, 0.3) is 5.69 Å². The van der Waals surface area contributed by atoms with Gasteiger partial charge >= 0.3 is 0 Å². The van der Waals surface area contributed by atoms with Crippen molar-refractivity contribution in [1.82, 2.24) is 9.78 Å². The highest BCUT2D eigenvalue weighted by molar-refractivity contribution is 8.01. The third kappa shape index (κ3) is 5.27. The second kappa shape index (κ2) is 8.55. The maximum atomic E-state index is 13.1. The van der Waals surface area contributed by atoms with Crippen LogP contribution in [-0.2, 0) is 10.2 Å². The lowest BCUT2D eigenvalue weighted by Crippen LogP contribution is -2.15. The van der Waals surface area contributed by atoms with E-state index in [4.69, 9.17) is 12.2 Å². The van der Waals surface area contributed by atoms with Crippen molar-refractivity contribution in [3.8, 4) is 5.69 Å². The van der Waals surface area contributed by atoms with Gasteiger partial charge in [-0.1, -0.05) is 56.0 Å². The van der Waals surface area contributed by atoms with Gasteiger partial charge < -0.3 is 5.32 Å². The number of halogens is 1. The summed E-state index contributed by atoms with van der Waals surface area (Å²) in [6.07, 6.45) is 0. The van der Waals surface area contributed by atoms with Crippen LogP contribution in [0.5, 0.6) is 0 Å². The Kier molecular flexibility index (Phi) is 6.32.